The Hall–Kier alpha value is -3.49. The van der Waals surface area contributed by atoms with Crippen molar-refractivity contribution in [3.05, 3.63) is 95.1 Å². The normalized spacial score (nSPS) is 13.8. The fraction of sp³-hybridized carbons (Fsp3) is 0.167. The highest BCUT2D eigenvalue weighted by Crippen LogP contribution is 2.26. The summed E-state index contributed by atoms with van der Waals surface area (Å²) in [4.78, 5) is 24.8. The van der Waals surface area contributed by atoms with Crippen LogP contribution in [0.4, 0.5) is 5.69 Å². The maximum absolute atomic E-state index is 13.2. The fourth-order valence-corrected chi connectivity index (χ4v) is 5.16. The first-order valence-electron chi connectivity index (χ1n) is 10.1. The minimum atomic E-state index is -3.78. The fourth-order valence-electron chi connectivity index (χ4n) is 3.70. The van der Waals surface area contributed by atoms with Gasteiger partial charge in [0.25, 0.3) is 5.91 Å². The van der Waals surface area contributed by atoms with Crippen molar-refractivity contribution in [1.29, 1.82) is 0 Å². The smallest absolute Gasteiger partial charge is 0.339 e. The van der Waals surface area contributed by atoms with Crippen LogP contribution in [0.25, 0.3) is 0 Å². The van der Waals surface area contributed by atoms with E-state index in [1.54, 1.807) is 18.2 Å². The number of sulfonamides is 1. The highest BCUT2D eigenvalue weighted by molar-refractivity contribution is 7.89. The average molecular weight is 451 g/mol. The van der Waals surface area contributed by atoms with Crippen molar-refractivity contribution < 1.29 is 22.7 Å². The van der Waals surface area contributed by atoms with Crippen LogP contribution in [0.15, 0.2) is 77.7 Å². The molecule has 32 heavy (non-hydrogen) atoms. The van der Waals surface area contributed by atoms with E-state index >= 15 is 0 Å². The zero-order valence-corrected chi connectivity index (χ0v) is 18.3. The number of methoxy groups -OCH3 is 1. The quantitative estimate of drug-likeness (QED) is 0.601. The van der Waals surface area contributed by atoms with Crippen molar-refractivity contribution in [2.24, 2.45) is 0 Å². The number of esters is 1. The molecule has 1 aliphatic rings. The van der Waals surface area contributed by atoms with E-state index in [1.807, 2.05) is 24.3 Å². The van der Waals surface area contributed by atoms with Gasteiger partial charge in [-0.2, -0.15) is 4.31 Å². The number of nitrogens with zero attached hydrogens (tertiary/aromatic N) is 1. The second-order valence-corrected chi connectivity index (χ2v) is 9.31. The van der Waals surface area contributed by atoms with Crippen molar-refractivity contribution in [2.75, 3.05) is 19.0 Å². The van der Waals surface area contributed by atoms with E-state index in [1.165, 1.54) is 41.7 Å². The first kappa shape index (κ1) is 21.7. The molecule has 1 heterocycles. The zero-order chi connectivity index (χ0) is 22.7. The Labute approximate surface area is 186 Å². The SMILES string of the molecule is COC(=O)c1ccccc1NC(=O)c1cccc(S(=O)(=O)N2CCc3ccccc3C2)c1. The summed E-state index contributed by atoms with van der Waals surface area (Å²) < 4.78 is 32.7. The number of nitrogens with one attached hydrogen (secondary N) is 1. The molecule has 3 aromatic rings. The number of carbonyl (C=O) groups excluding carboxylic acids is 2. The first-order chi connectivity index (χ1) is 15.4. The predicted molar refractivity (Wildman–Crippen MR) is 120 cm³/mol. The van der Waals surface area contributed by atoms with Gasteiger partial charge in [0, 0.05) is 18.7 Å². The number of amides is 1. The second-order valence-electron chi connectivity index (χ2n) is 7.38. The van der Waals surface area contributed by atoms with Crippen LogP contribution in [0, 0.1) is 0 Å². The van der Waals surface area contributed by atoms with Crippen molar-refractivity contribution in [3.63, 3.8) is 0 Å². The zero-order valence-electron chi connectivity index (χ0n) is 17.4. The van der Waals surface area contributed by atoms with Gasteiger partial charge < -0.3 is 10.1 Å². The molecule has 0 atom stereocenters. The van der Waals surface area contributed by atoms with Gasteiger partial charge in [-0.05, 0) is 47.9 Å². The molecule has 1 N–H and O–H groups in total. The van der Waals surface area contributed by atoms with Gasteiger partial charge in [-0.3, -0.25) is 4.79 Å². The topological polar surface area (TPSA) is 92.8 Å². The van der Waals surface area contributed by atoms with Gasteiger partial charge in [0.1, 0.15) is 0 Å². The van der Waals surface area contributed by atoms with Gasteiger partial charge in [0.05, 0.1) is 23.3 Å². The molecule has 0 aromatic heterocycles. The molecule has 0 unspecified atom stereocenters. The largest absolute Gasteiger partial charge is 0.465 e. The van der Waals surface area contributed by atoms with Gasteiger partial charge in [-0.25, -0.2) is 13.2 Å². The van der Waals surface area contributed by atoms with Crippen molar-refractivity contribution in [2.45, 2.75) is 17.9 Å². The summed E-state index contributed by atoms with van der Waals surface area (Å²) in [6.07, 6.45) is 0.639. The van der Waals surface area contributed by atoms with E-state index in [0.717, 1.165) is 11.1 Å². The van der Waals surface area contributed by atoms with Crippen LogP contribution in [-0.4, -0.2) is 38.3 Å². The van der Waals surface area contributed by atoms with E-state index in [4.69, 9.17) is 4.74 Å². The Bertz CT molecular complexity index is 1290. The van der Waals surface area contributed by atoms with Crippen LogP contribution in [0.2, 0.25) is 0 Å². The standard InChI is InChI=1S/C24H22N2O5S/c1-31-24(28)21-11-4-5-12-22(21)25-23(27)18-9-6-10-20(15-18)32(29,30)26-14-13-17-7-2-3-8-19(17)16-26/h2-12,15H,13-14,16H2,1H3,(H,25,27). The minimum absolute atomic E-state index is 0.0470. The van der Waals surface area contributed by atoms with Crippen LogP contribution >= 0.6 is 0 Å². The number of hydrogen-bond acceptors (Lipinski definition) is 5. The van der Waals surface area contributed by atoms with Gasteiger partial charge >= 0.3 is 5.97 Å². The third-order valence-electron chi connectivity index (χ3n) is 5.41. The summed E-state index contributed by atoms with van der Waals surface area (Å²) >= 11 is 0. The molecule has 4 rings (SSSR count). The molecule has 3 aromatic carbocycles. The van der Waals surface area contributed by atoms with Crippen LogP contribution in [0.1, 0.15) is 31.8 Å². The molecule has 0 saturated heterocycles. The molecular weight excluding hydrogens is 428 g/mol. The molecule has 7 nitrogen and oxygen atoms in total. The molecule has 164 valence electrons. The highest BCUT2D eigenvalue weighted by atomic mass is 32.2. The second kappa shape index (κ2) is 8.94. The molecule has 0 radical (unpaired) electrons. The lowest BCUT2D eigenvalue weighted by Gasteiger charge is -2.28. The summed E-state index contributed by atoms with van der Waals surface area (Å²) in [6.45, 7) is 0.670. The lowest BCUT2D eigenvalue weighted by Crippen LogP contribution is -2.36. The monoisotopic (exact) mass is 450 g/mol. The van der Waals surface area contributed by atoms with Gasteiger partial charge in [-0.1, -0.05) is 42.5 Å². The Morgan fingerprint density at radius 1 is 0.938 bits per heavy atom. The van der Waals surface area contributed by atoms with E-state index in [0.29, 0.717) is 19.5 Å². The molecule has 0 fully saturated rings. The lowest BCUT2D eigenvalue weighted by molar-refractivity contribution is 0.0602. The number of rotatable bonds is 5. The molecule has 0 spiro atoms. The number of hydrogen-bond donors (Lipinski definition) is 1. The molecule has 0 aliphatic carbocycles. The molecule has 1 amide bonds. The van der Waals surface area contributed by atoms with Crippen molar-refractivity contribution in [3.8, 4) is 0 Å². The third kappa shape index (κ3) is 4.28. The van der Waals surface area contributed by atoms with Crippen LogP contribution < -0.4 is 5.32 Å². The number of carbonyl (C=O) groups is 2. The van der Waals surface area contributed by atoms with Crippen LogP contribution in [0.3, 0.4) is 0 Å². The van der Waals surface area contributed by atoms with Crippen LogP contribution in [0.5, 0.6) is 0 Å². The number of benzene rings is 3. The maximum atomic E-state index is 13.2. The van der Waals surface area contributed by atoms with Gasteiger partial charge in [-0.15, -0.1) is 0 Å². The molecule has 0 saturated carbocycles. The molecule has 0 bridgehead atoms. The highest BCUT2D eigenvalue weighted by Gasteiger charge is 2.28. The summed E-state index contributed by atoms with van der Waals surface area (Å²) in [5.41, 5.74) is 2.79. The van der Waals surface area contributed by atoms with Gasteiger partial charge in [0.15, 0.2) is 0 Å². The summed E-state index contributed by atoms with van der Waals surface area (Å²) in [5, 5.41) is 2.67. The van der Waals surface area contributed by atoms with Crippen molar-refractivity contribution in [1.82, 2.24) is 4.31 Å². The summed E-state index contributed by atoms with van der Waals surface area (Å²) in [5.74, 6) is -1.11. The lowest BCUT2D eigenvalue weighted by atomic mass is 10.0. The van der Waals surface area contributed by atoms with E-state index < -0.39 is 21.9 Å². The first-order valence-corrected chi connectivity index (χ1v) is 11.5. The van der Waals surface area contributed by atoms with Gasteiger partial charge in [0.2, 0.25) is 10.0 Å². The van der Waals surface area contributed by atoms with Crippen molar-refractivity contribution >= 4 is 27.6 Å². The number of para-hydroxylation sites is 1. The summed E-state index contributed by atoms with van der Waals surface area (Å²) in [7, 11) is -2.52. The number of ether oxygens (including phenoxy) is 1. The maximum Gasteiger partial charge on any atom is 0.339 e. The molecule has 8 heteroatoms. The Morgan fingerprint density at radius 2 is 1.66 bits per heavy atom. The van der Waals surface area contributed by atoms with E-state index in [-0.39, 0.29) is 21.7 Å². The predicted octanol–water partition coefficient (Wildman–Crippen LogP) is 3.47. The minimum Gasteiger partial charge on any atom is -0.465 e. The Balaban J connectivity index is 1.58. The van der Waals surface area contributed by atoms with E-state index in [2.05, 4.69) is 5.32 Å². The average Bonchev–Trinajstić information content (AvgIpc) is 2.83. The summed E-state index contributed by atoms with van der Waals surface area (Å²) in [6, 6.07) is 20.1. The third-order valence-corrected chi connectivity index (χ3v) is 7.25. The van der Waals surface area contributed by atoms with Crippen LogP contribution in [-0.2, 0) is 27.7 Å². The number of fused-ring (bicyclic) bond motifs is 1. The Morgan fingerprint density at radius 3 is 2.44 bits per heavy atom. The Kier molecular flexibility index (Phi) is 6.07. The van der Waals surface area contributed by atoms with E-state index in [9.17, 15) is 18.0 Å². The molecular formula is C24H22N2O5S. The molecule has 1 aliphatic heterocycles. The number of anilines is 1.